The van der Waals surface area contributed by atoms with E-state index in [9.17, 15) is 9.00 Å². The molecule has 21 heavy (non-hydrogen) atoms. The van der Waals surface area contributed by atoms with Crippen molar-refractivity contribution < 1.29 is 9.00 Å². The fourth-order valence-corrected chi connectivity index (χ4v) is 2.63. The number of nitrogens with two attached hydrogens (primary N) is 1. The largest absolute Gasteiger partial charge is 0.330 e. The molecule has 0 bridgehead atoms. The van der Waals surface area contributed by atoms with Crippen LogP contribution in [0.4, 0.5) is 5.69 Å². The van der Waals surface area contributed by atoms with Gasteiger partial charge in [-0.25, -0.2) is 0 Å². The van der Waals surface area contributed by atoms with Crippen molar-refractivity contribution in [1.29, 1.82) is 0 Å². The Hall–Kier alpha value is -0.910. The van der Waals surface area contributed by atoms with Crippen LogP contribution in [0.3, 0.4) is 0 Å². The number of rotatable bonds is 9. The molecule has 1 aromatic rings. The number of nitrogens with one attached hydrogen (secondary N) is 1. The maximum absolute atomic E-state index is 11.8. The van der Waals surface area contributed by atoms with Gasteiger partial charge < -0.3 is 11.1 Å². The van der Waals surface area contributed by atoms with Crippen molar-refractivity contribution in [2.24, 2.45) is 5.73 Å². The standard InChI is InChI=1S/C15H24N2O2S.ClH/c1-20(19)12-13-7-6-8-14(11-13)17-15(18)9-4-2-3-5-10-16;/h6-8,11H,2-5,9-10,12,16H2,1H3,(H,17,18);1H. The molecule has 0 aliphatic rings. The minimum absolute atomic E-state index is 0. The van der Waals surface area contributed by atoms with Crippen molar-refractivity contribution in [1.82, 2.24) is 0 Å². The van der Waals surface area contributed by atoms with Gasteiger partial charge in [-0.2, -0.15) is 0 Å². The highest BCUT2D eigenvalue weighted by Crippen LogP contribution is 2.13. The smallest absolute Gasteiger partial charge is 0.224 e. The number of hydrogen-bond acceptors (Lipinski definition) is 3. The first-order valence-corrected chi connectivity index (χ1v) is 8.73. The molecule has 0 fully saturated rings. The fraction of sp³-hybridized carbons (Fsp3) is 0.533. The lowest BCUT2D eigenvalue weighted by Crippen LogP contribution is -2.11. The number of unbranched alkanes of at least 4 members (excludes halogenated alkanes) is 3. The lowest BCUT2D eigenvalue weighted by Gasteiger charge is -2.07. The van der Waals surface area contributed by atoms with Gasteiger partial charge in [0.2, 0.25) is 5.91 Å². The van der Waals surface area contributed by atoms with E-state index in [4.69, 9.17) is 5.73 Å². The van der Waals surface area contributed by atoms with Crippen molar-refractivity contribution in [3.63, 3.8) is 0 Å². The van der Waals surface area contributed by atoms with Gasteiger partial charge in [-0.15, -0.1) is 12.4 Å². The quantitative estimate of drug-likeness (QED) is 0.683. The summed E-state index contributed by atoms with van der Waals surface area (Å²) >= 11 is 0. The van der Waals surface area contributed by atoms with E-state index >= 15 is 0 Å². The zero-order valence-corrected chi connectivity index (χ0v) is 14.1. The van der Waals surface area contributed by atoms with Crippen LogP contribution in [-0.2, 0) is 21.3 Å². The molecule has 4 nitrogen and oxygen atoms in total. The molecule has 0 heterocycles. The van der Waals surface area contributed by atoms with Crippen LogP contribution in [0.2, 0.25) is 0 Å². The van der Waals surface area contributed by atoms with E-state index in [0.29, 0.717) is 12.2 Å². The van der Waals surface area contributed by atoms with Gasteiger partial charge in [-0.3, -0.25) is 9.00 Å². The lowest BCUT2D eigenvalue weighted by atomic mass is 10.1. The van der Waals surface area contributed by atoms with Gasteiger partial charge in [-0.1, -0.05) is 25.0 Å². The predicted octanol–water partition coefficient (Wildman–Crippen LogP) is 2.83. The van der Waals surface area contributed by atoms with Crippen molar-refractivity contribution in [3.05, 3.63) is 29.8 Å². The summed E-state index contributed by atoms with van der Waals surface area (Å²) in [5.74, 6) is 0.551. The van der Waals surface area contributed by atoms with Gasteiger partial charge in [0.05, 0.1) is 0 Å². The van der Waals surface area contributed by atoms with Crippen molar-refractivity contribution in [2.75, 3.05) is 18.1 Å². The first-order chi connectivity index (χ1) is 9.61. The van der Waals surface area contributed by atoms with Crippen LogP contribution in [0, 0.1) is 0 Å². The number of carbonyl (C=O) groups excluding carboxylic acids is 1. The first-order valence-electron chi connectivity index (χ1n) is 7.00. The molecule has 0 aliphatic heterocycles. The number of benzene rings is 1. The Morgan fingerprint density at radius 3 is 2.62 bits per heavy atom. The second-order valence-corrected chi connectivity index (χ2v) is 6.35. The van der Waals surface area contributed by atoms with Crippen LogP contribution in [0.25, 0.3) is 0 Å². The second kappa shape index (κ2) is 11.7. The summed E-state index contributed by atoms with van der Waals surface area (Å²) in [5, 5.41) is 2.88. The minimum atomic E-state index is -0.869. The molecular formula is C15H25ClN2O2S. The first kappa shape index (κ1) is 20.1. The third kappa shape index (κ3) is 9.61. The Morgan fingerprint density at radius 2 is 1.95 bits per heavy atom. The Morgan fingerprint density at radius 1 is 1.24 bits per heavy atom. The molecule has 3 N–H and O–H groups in total. The Balaban J connectivity index is 0.00000400. The molecule has 0 saturated carbocycles. The highest BCUT2D eigenvalue weighted by atomic mass is 35.5. The van der Waals surface area contributed by atoms with Crippen LogP contribution < -0.4 is 11.1 Å². The van der Waals surface area contributed by atoms with E-state index in [1.165, 1.54) is 0 Å². The Bertz CT molecular complexity index is 455. The number of carbonyl (C=O) groups is 1. The topological polar surface area (TPSA) is 72.2 Å². The van der Waals surface area contributed by atoms with Crippen LogP contribution in [0.1, 0.15) is 37.7 Å². The molecule has 1 rings (SSSR count). The maximum atomic E-state index is 11.8. The number of hydrogen-bond donors (Lipinski definition) is 2. The molecular weight excluding hydrogens is 308 g/mol. The van der Waals surface area contributed by atoms with E-state index in [1.807, 2.05) is 24.3 Å². The summed E-state index contributed by atoms with van der Waals surface area (Å²) in [6, 6.07) is 7.53. The van der Waals surface area contributed by atoms with Gasteiger partial charge in [0.1, 0.15) is 0 Å². The molecule has 0 spiro atoms. The summed E-state index contributed by atoms with van der Waals surface area (Å²) in [5.41, 5.74) is 7.18. The molecule has 0 aromatic heterocycles. The monoisotopic (exact) mass is 332 g/mol. The normalized spacial score (nSPS) is 11.5. The summed E-state index contributed by atoms with van der Waals surface area (Å²) in [4.78, 5) is 11.8. The maximum Gasteiger partial charge on any atom is 0.224 e. The number of anilines is 1. The van der Waals surface area contributed by atoms with E-state index in [2.05, 4.69) is 5.32 Å². The molecule has 1 amide bonds. The highest BCUT2D eigenvalue weighted by molar-refractivity contribution is 7.83. The molecule has 6 heteroatoms. The molecule has 1 aromatic carbocycles. The SMILES string of the molecule is CS(=O)Cc1cccc(NC(=O)CCCCCCN)c1.Cl. The van der Waals surface area contributed by atoms with Crippen molar-refractivity contribution >= 4 is 34.8 Å². The summed E-state index contributed by atoms with van der Waals surface area (Å²) in [6.45, 7) is 0.720. The van der Waals surface area contributed by atoms with Gasteiger partial charge in [-0.05, 0) is 37.1 Å². The molecule has 0 aliphatic carbocycles. The molecule has 0 radical (unpaired) electrons. The van der Waals surface area contributed by atoms with Gasteiger partial charge in [0, 0.05) is 34.9 Å². The van der Waals surface area contributed by atoms with E-state index < -0.39 is 10.8 Å². The van der Waals surface area contributed by atoms with Gasteiger partial charge >= 0.3 is 0 Å². The van der Waals surface area contributed by atoms with E-state index in [0.717, 1.165) is 43.5 Å². The molecule has 1 atom stereocenters. The molecule has 120 valence electrons. The van der Waals surface area contributed by atoms with Crippen LogP contribution in [0.15, 0.2) is 24.3 Å². The number of amides is 1. The molecule has 0 saturated heterocycles. The van der Waals surface area contributed by atoms with Crippen LogP contribution in [0.5, 0.6) is 0 Å². The van der Waals surface area contributed by atoms with Crippen LogP contribution >= 0.6 is 12.4 Å². The number of halogens is 1. The third-order valence-corrected chi connectivity index (χ3v) is 3.68. The highest BCUT2D eigenvalue weighted by Gasteiger charge is 2.03. The van der Waals surface area contributed by atoms with Gasteiger partial charge in [0.15, 0.2) is 0 Å². The second-order valence-electron chi connectivity index (χ2n) is 4.92. The zero-order valence-electron chi connectivity index (χ0n) is 12.5. The van der Waals surface area contributed by atoms with Gasteiger partial charge in [0.25, 0.3) is 0 Å². The van der Waals surface area contributed by atoms with Crippen LogP contribution in [-0.4, -0.2) is 22.9 Å². The van der Waals surface area contributed by atoms with Crippen molar-refractivity contribution in [3.8, 4) is 0 Å². The fourth-order valence-electron chi connectivity index (χ4n) is 1.98. The minimum Gasteiger partial charge on any atom is -0.330 e. The van der Waals surface area contributed by atoms with Crippen molar-refractivity contribution in [2.45, 2.75) is 37.9 Å². The summed E-state index contributed by atoms with van der Waals surface area (Å²) in [7, 11) is -0.869. The zero-order chi connectivity index (χ0) is 14.8. The predicted molar refractivity (Wildman–Crippen MR) is 92.2 cm³/mol. The lowest BCUT2D eigenvalue weighted by molar-refractivity contribution is -0.116. The average molecular weight is 333 g/mol. The Kier molecular flexibility index (Phi) is 11.2. The summed E-state index contributed by atoms with van der Waals surface area (Å²) < 4.78 is 11.2. The third-order valence-electron chi connectivity index (χ3n) is 2.94. The molecule has 1 unspecified atom stereocenters. The summed E-state index contributed by atoms with van der Waals surface area (Å²) in [6.07, 6.45) is 6.25. The van der Waals surface area contributed by atoms with E-state index in [1.54, 1.807) is 6.26 Å². The Labute approximate surface area is 135 Å². The average Bonchev–Trinajstić information content (AvgIpc) is 2.38. The van der Waals surface area contributed by atoms with E-state index in [-0.39, 0.29) is 18.3 Å².